The molecule has 4 heteroatoms. The minimum absolute atomic E-state index is 0.274. The van der Waals surface area contributed by atoms with Crippen molar-refractivity contribution in [3.8, 4) is 0 Å². The molecule has 0 unspecified atom stereocenters. The van der Waals surface area contributed by atoms with Gasteiger partial charge in [-0.15, -0.1) is 0 Å². The molecule has 1 aromatic heterocycles. The van der Waals surface area contributed by atoms with Gasteiger partial charge < -0.3 is 10.2 Å². The highest BCUT2D eigenvalue weighted by molar-refractivity contribution is 5.64. The number of benzene rings is 1. The summed E-state index contributed by atoms with van der Waals surface area (Å²) in [6.45, 7) is 4.55. The summed E-state index contributed by atoms with van der Waals surface area (Å²) in [6.07, 6.45) is 1.64. The van der Waals surface area contributed by atoms with Crippen molar-refractivity contribution in [3.63, 3.8) is 0 Å². The van der Waals surface area contributed by atoms with E-state index in [1.807, 2.05) is 33.0 Å². The fraction of sp³-hybridized carbons (Fsp3) is 0.312. The molecular weight excluding hydrogens is 253 g/mol. The van der Waals surface area contributed by atoms with Crippen LogP contribution in [0.2, 0.25) is 0 Å². The number of hydrogen-bond acceptors (Lipinski definition) is 3. The van der Waals surface area contributed by atoms with Gasteiger partial charge in [0.15, 0.2) is 11.6 Å². The molecular formula is C16H20FN3. The molecule has 0 aliphatic rings. The molecule has 0 fully saturated rings. The van der Waals surface area contributed by atoms with Gasteiger partial charge in [0.05, 0.1) is 0 Å². The molecule has 0 bridgehead atoms. The zero-order valence-electron chi connectivity index (χ0n) is 12.4. The second-order valence-electron chi connectivity index (χ2n) is 4.99. The summed E-state index contributed by atoms with van der Waals surface area (Å²) in [7, 11) is 3.64. The molecule has 0 spiro atoms. The van der Waals surface area contributed by atoms with Gasteiger partial charge in [-0.1, -0.05) is 17.7 Å². The van der Waals surface area contributed by atoms with Crippen molar-refractivity contribution in [1.29, 1.82) is 0 Å². The van der Waals surface area contributed by atoms with Crippen LogP contribution < -0.4 is 10.2 Å². The van der Waals surface area contributed by atoms with E-state index >= 15 is 0 Å². The lowest BCUT2D eigenvalue weighted by Crippen LogP contribution is -2.16. The molecule has 1 N–H and O–H groups in total. The SMILES string of the molecule is CNCc1ccnc(N(C)c2ccc(C)cc2C)c1F. The number of aryl methyl sites for hydroxylation is 2. The van der Waals surface area contributed by atoms with Gasteiger partial charge in [-0.2, -0.15) is 0 Å². The maximum Gasteiger partial charge on any atom is 0.170 e. The number of nitrogens with zero attached hydrogens (tertiary/aromatic N) is 2. The van der Waals surface area contributed by atoms with Crippen molar-refractivity contribution in [2.75, 3.05) is 19.0 Å². The monoisotopic (exact) mass is 273 g/mol. The predicted octanol–water partition coefficient (Wildman–Crippen LogP) is 3.32. The molecule has 0 aliphatic heterocycles. The van der Waals surface area contributed by atoms with Gasteiger partial charge in [0.25, 0.3) is 0 Å². The highest BCUT2D eigenvalue weighted by atomic mass is 19.1. The Kier molecular flexibility index (Phi) is 4.35. The van der Waals surface area contributed by atoms with Crippen LogP contribution in [0.1, 0.15) is 16.7 Å². The molecule has 1 aromatic carbocycles. The first-order valence-electron chi connectivity index (χ1n) is 6.63. The molecule has 0 aliphatic carbocycles. The number of aromatic nitrogens is 1. The van der Waals surface area contributed by atoms with E-state index in [2.05, 4.69) is 16.4 Å². The van der Waals surface area contributed by atoms with E-state index in [1.54, 1.807) is 24.2 Å². The lowest BCUT2D eigenvalue weighted by Gasteiger charge is -2.22. The number of hydrogen-bond donors (Lipinski definition) is 1. The summed E-state index contributed by atoms with van der Waals surface area (Å²) in [5.74, 6) is 0.0778. The summed E-state index contributed by atoms with van der Waals surface area (Å²) in [5.41, 5.74) is 3.88. The average Bonchev–Trinajstić information content (AvgIpc) is 2.41. The Bertz CT molecular complexity index is 611. The highest BCUT2D eigenvalue weighted by Gasteiger charge is 2.15. The molecule has 0 atom stereocenters. The molecule has 20 heavy (non-hydrogen) atoms. The van der Waals surface area contributed by atoms with Crippen LogP contribution in [0.3, 0.4) is 0 Å². The molecule has 106 valence electrons. The van der Waals surface area contributed by atoms with Gasteiger partial charge in [-0.25, -0.2) is 9.37 Å². The molecule has 0 amide bonds. The third kappa shape index (κ3) is 2.80. The van der Waals surface area contributed by atoms with E-state index in [0.29, 0.717) is 17.9 Å². The minimum Gasteiger partial charge on any atom is -0.327 e. The van der Waals surface area contributed by atoms with Crippen molar-refractivity contribution < 1.29 is 4.39 Å². The van der Waals surface area contributed by atoms with Crippen molar-refractivity contribution >= 4 is 11.5 Å². The normalized spacial score (nSPS) is 10.7. The number of halogens is 1. The van der Waals surface area contributed by atoms with Crippen LogP contribution in [0.25, 0.3) is 0 Å². The van der Waals surface area contributed by atoms with E-state index in [9.17, 15) is 4.39 Å². The van der Waals surface area contributed by atoms with Crippen LogP contribution in [-0.2, 0) is 6.54 Å². The second kappa shape index (κ2) is 6.01. The van der Waals surface area contributed by atoms with E-state index in [-0.39, 0.29) is 5.82 Å². The highest BCUT2D eigenvalue weighted by Crippen LogP contribution is 2.28. The van der Waals surface area contributed by atoms with Crippen molar-refractivity contribution in [2.45, 2.75) is 20.4 Å². The van der Waals surface area contributed by atoms with Gasteiger partial charge in [-0.3, -0.25) is 0 Å². The Hall–Kier alpha value is -1.94. The zero-order valence-corrected chi connectivity index (χ0v) is 12.4. The van der Waals surface area contributed by atoms with Gasteiger partial charge in [0.1, 0.15) is 0 Å². The Morgan fingerprint density at radius 1 is 1.25 bits per heavy atom. The fourth-order valence-corrected chi connectivity index (χ4v) is 2.33. The second-order valence-corrected chi connectivity index (χ2v) is 4.99. The molecule has 3 nitrogen and oxygen atoms in total. The largest absolute Gasteiger partial charge is 0.327 e. The Morgan fingerprint density at radius 2 is 2.00 bits per heavy atom. The first-order valence-corrected chi connectivity index (χ1v) is 6.63. The van der Waals surface area contributed by atoms with Gasteiger partial charge in [0, 0.05) is 31.0 Å². The average molecular weight is 273 g/mol. The zero-order chi connectivity index (χ0) is 14.7. The maximum atomic E-state index is 14.5. The number of pyridine rings is 1. The molecule has 0 saturated carbocycles. The lowest BCUT2D eigenvalue weighted by atomic mass is 10.1. The first kappa shape index (κ1) is 14.5. The van der Waals surface area contributed by atoms with Crippen molar-refractivity contribution in [2.24, 2.45) is 0 Å². The third-order valence-corrected chi connectivity index (χ3v) is 3.35. The van der Waals surface area contributed by atoms with Gasteiger partial charge in [-0.05, 0) is 38.6 Å². The number of rotatable bonds is 4. The van der Waals surface area contributed by atoms with Crippen LogP contribution in [0.4, 0.5) is 15.9 Å². The Balaban J connectivity index is 2.42. The van der Waals surface area contributed by atoms with Crippen molar-refractivity contribution in [3.05, 3.63) is 53.0 Å². The van der Waals surface area contributed by atoms with E-state index in [4.69, 9.17) is 0 Å². The molecule has 1 heterocycles. The van der Waals surface area contributed by atoms with E-state index in [1.165, 1.54) is 5.56 Å². The smallest absolute Gasteiger partial charge is 0.170 e. The Labute approximate surface area is 119 Å². The molecule has 2 aromatic rings. The number of anilines is 2. The molecule has 0 saturated heterocycles. The summed E-state index contributed by atoms with van der Waals surface area (Å²) >= 11 is 0. The van der Waals surface area contributed by atoms with Crippen LogP contribution in [-0.4, -0.2) is 19.1 Å². The van der Waals surface area contributed by atoms with Crippen molar-refractivity contribution in [1.82, 2.24) is 10.3 Å². The van der Waals surface area contributed by atoms with Gasteiger partial charge in [0.2, 0.25) is 0 Å². The van der Waals surface area contributed by atoms with Crippen LogP contribution in [0.5, 0.6) is 0 Å². The maximum absolute atomic E-state index is 14.5. The van der Waals surface area contributed by atoms with Crippen LogP contribution >= 0.6 is 0 Å². The molecule has 2 rings (SSSR count). The Morgan fingerprint density at radius 3 is 2.65 bits per heavy atom. The first-order chi connectivity index (χ1) is 9.54. The topological polar surface area (TPSA) is 28.2 Å². The lowest BCUT2D eigenvalue weighted by molar-refractivity contribution is 0.595. The predicted molar refractivity (Wildman–Crippen MR) is 80.9 cm³/mol. The number of nitrogens with one attached hydrogen (secondary N) is 1. The van der Waals surface area contributed by atoms with Crippen LogP contribution in [0.15, 0.2) is 30.5 Å². The summed E-state index contributed by atoms with van der Waals surface area (Å²) in [6, 6.07) is 7.80. The van der Waals surface area contributed by atoms with E-state index in [0.717, 1.165) is 11.3 Å². The molecule has 0 radical (unpaired) electrons. The summed E-state index contributed by atoms with van der Waals surface area (Å²) < 4.78 is 14.5. The fourth-order valence-electron chi connectivity index (χ4n) is 2.33. The summed E-state index contributed by atoms with van der Waals surface area (Å²) in [4.78, 5) is 5.98. The van der Waals surface area contributed by atoms with Crippen LogP contribution in [0, 0.1) is 19.7 Å². The minimum atomic E-state index is -0.274. The van der Waals surface area contributed by atoms with Gasteiger partial charge >= 0.3 is 0 Å². The third-order valence-electron chi connectivity index (χ3n) is 3.35. The quantitative estimate of drug-likeness (QED) is 0.926. The van der Waals surface area contributed by atoms with E-state index < -0.39 is 0 Å². The summed E-state index contributed by atoms with van der Waals surface area (Å²) in [5, 5.41) is 2.96. The standard InChI is InChI=1S/C16H20FN3/c1-11-5-6-14(12(2)9-11)20(4)16-15(17)13(10-18-3)7-8-19-16/h5-9,18H,10H2,1-4H3.